The van der Waals surface area contributed by atoms with Gasteiger partial charge in [0.25, 0.3) is 10.0 Å². The topological polar surface area (TPSA) is 74.9 Å². The van der Waals surface area contributed by atoms with Gasteiger partial charge in [-0.05, 0) is 36.4 Å². The zero-order chi connectivity index (χ0) is 17.5. The van der Waals surface area contributed by atoms with Gasteiger partial charge in [-0.15, -0.1) is 0 Å². The van der Waals surface area contributed by atoms with Crippen molar-refractivity contribution in [3.05, 3.63) is 58.2 Å². The van der Waals surface area contributed by atoms with Crippen LogP contribution in [0.2, 0.25) is 10.0 Å². The van der Waals surface area contributed by atoms with Gasteiger partial charge >= 0.3 is 0 Å². The van der Waals surface area contributed by atoms with Gasteiger partial charge in [0.15, 0.2) is 0 Å². The molecule has 0 fully saturated rings. The van der Waals surface area contributed by atoms with Gasteiger partial charge < -0.3 is 4.57 Å². The molecule has 5 nitrogen and oxygen atoms in total. The maximum Gasteiger partial charge on any atom is 0.261 e. The molecular formula is C16H11Cl2N3O2S. The Balaban J connectivity index is 2.02. The third-order valence-electron chi connectivity index (χ3n) is 3.51. The lowest BCUT2D eigenvalue weighted by Gasteiger charge is -2.09. The van der Waals surface area contributed by atoms with Crippen molar-refractivity contribution >= 4 is 49.8 Å². The molecule has 24 heavy (non-hydrogen) atoms. The Hall–Kier alpha value is -2.20. The highest BCUT2D eigenvalue weighted by atomic mass is 35.5. The van der Waals surface area contributed by atoms with E-state index < -0.39 is 10.0 Å². The molecule has 1 heterocycles. The highest BCUT2D eigenvalue weighted by Crippen LogP contribution is 2.27. The number of aryl methyl sites for hydroxylation is 1. The maximum atomic E-state index is 12.5. The summed E-state index contributed by atoms with van der Waals surface area (Å²) in [7, 11) is -2.04. The molecule has 3 aromatic rings. The Morgan fingerprint density at radius 1 is 1.12 bits per heavy atom. The van der Waals surface area contributed by atoms with E-state index in [2.05, 4.69) is 10.8 Å². The third-order valence-corrected chi connectivity index (χ3v) is 5.31. The fourth-order valence-corrected chi connectivity index (χ4v) is 4.21. The van der Waals surface area contributed by atoms with Crippen LogP contribution in [-0.4, -0.2) is 13.0 Å². The SMILES string of the molecule is Cn1cc(C#N)c2ccc(NS(=O)(=O)c3cc(Cl)cc(Cl)c3)cc21. The Morgan fingerprint density at radius 2 is 1.79 bits per heavy atom. The van der Waals surface area contributed by atoms with E-state index >= 15 is 0 Å². The van der Waals surface area contributed by atoms with Crippen LogP contribution in [0, 0.1) is 11.3 Å². The van der Waals surface area contributed by atoms with E-state index in [9.17, 15) is 8.42 Å². The van der Waals surface area contributed by atoms with Crippen LogP contribution in [0.5, 0.6) is 0 Å². The standard InChI is InChI=1S/C16H11Cl2N3O2S/c1-21-9-10(8-19)15-3-2-13(7-16(15)21)20-24(22,23)14-5-11(17)4-12(18)6-14/h2-7,9,20H,1H3. The zero-order valence-electron chi connectivity index (χ0n) is 12.4. The number of rotatable bonds is 3. The third kappa shape index (κ3) is 3.06. The quantitative estimate of drug-likeness (QED) is 0.742. The molecule has 0 bridgehead atoms. The van der Waals surface area contributed by atoms with Crippen LogP contribution >= 0.6 is 23.2 Å². The molecule has 3 rings (SSSR count). The average molecular weight is 380 g/mol. The van der Waals surface area contributed by atoms with Crippen LogP contribution in [0.3, 0.4) is 0 Å². The number of nitrogens with one attached hydrogen (secondary N) is 1. The Morgan fingerprint density at radius 3 is 2.42 bits per heavy atom. The minimum atomic E-state index is -3.83. The summed E-state index contributed by atoms with van der Waals surface area (Å²) in [6.45, 7) is 0. The van der Waals surface area contributed by atoms with Crippen molar-refractivity contribution in [1.29, 1.82) is 5.26 Å². The van der Waals surface area contributed by atoms with Crippen LogP contribution in [0.1, 0.15) is 5.56 Å². The fourth-order valence-electron chi connectivity index (χ4n) is 2.43. The highest BCUT2D eigenvalue weighted by molar-refractivity contribution is 7.92. The van der Waals surface area contributed by atoms with Crippen molar-refractivity contribution in [3.8, 4) is 6.07 Å². The van der Waals surface area contributed by atoms with Crippen LogP contribution in [0.15, 0.2) is 47.5 Å². The number of hydrogen-bond acceptors (Lipinski definition) is 3. The van der Waals surface area contributed by atoms with E-state index in [1.54, 1.807) is 36.0 Å². The molecule has 0 saturated heterocycles. The first-order valence-corrected chi connectivity index (χ1v) is 9.02. The molecule has 0 aliphatic carbocycles. The van der Waals surface area contributed by atoms with Crippen molar-refractivity contribution < 1.29 is 8.42 Å². The smallest absolute Gasteiger partial charge is 0.261 e. The normalized spacial score (nSPS) is 11.4. The monoisotopic (exact) mass is 379 g/mol. The highest BCUT2D eigenvalue weighted by Gasteiger charge is 2.17. The second-order valence-electron chi connectivity index (χ2n) is 5.21. The van der Waals surface area contributed by atoms with Crippen LogP contribution in [-0.2, 0) is 17.1 Å². The van der Waals surface area contributed by atoms with Crippen LogP contribution in [0.25, 0.3) is 10.9 Å². The molecule has 0 aliphatic rings. The number of anilines is 1. The number of hydrogen-bond donors (Lipinski definition) is 1. The number of fused-ring (bicyclic) bond motifs is 1. The predicted molar refractivity (Wildman–Crippen MR) is 94.9 cm³/mol. The van der Waals surface area contributed by atoms with Gasteiger partial charge in [-0.3, -0.25) is 4.72 Å². The zero-order valence-corrected chi connectivity index (χ0v) is 14.7. The summed E-state index contributed by atoms with van der Waals surface area (Å²) in [5.41, 5.74) is 1.66. The lowest BCUT2D eigenvalue weighted by Crippen LogP contribution is -2.13. The second kappa shape index (κ2) is 6.02. The Kier molecular flexibility index (Phi) is 4.18. The van der Waals surface area contributed by atoms with Gasteiger partial charge in [-0.25, -0.2) is 8.42 Å². The summed E-state index contributed by atoms with van der Waals surface area (Å²) < 4.78 is 29.3. The minimum Gasteiger partial charge on any atom is -0.349 e. The minimum absolute atomic E-state index is 0.0234. The van der Waals surface area contributed by atoms with E-state index in [4.69, 9.17) is 28.5 Å². The Labute approximate surface area is 149 Å². The molecule has 0 atom stereocenters. The summed E-state index contributed by atoms with van der Waals surface area (Å²) in [6.07, 6.45) is 1.69. The van der Waals surface area contributed by atoms with Gasteiger partial charge in [0, 0.05) is 28.7 Å². The van der Waals surface area contributed by atoms with Gasteiger partial charge in [0.1, 0.15) is 6.07 Å². The molecule has 122 valence electrons. The molecule has 0 aliphatic heterocycles. The first kappa shape index (κ1) is 16.7. The Bertz CT molecular complexity index is 1080. The first-order chi connectivity index (χ1) is 11.3. The molecule has 0 spiro atoms. The van der Waals surface area contributed by atoms with Crippen molar-refractivity contribution in [2.75, 3.05) is 4.72 Å². The number of sulfonamides is 1. The van der Waals surface area contributed by atoms with E-state index in [0.717, 1.165) is 10.9 Å². The molecule has 1 N–H and O–H groups in total. The summed E-state index contributed by atoms with van der Waals surface area (Å²) in [5, 5.41) is 10.3. The predicted octanol–water partition coefficient (Wildman–Crippen LogP) is 4.16. The van der Waals surface area contributed by atoms with E-state index in [1.165, 1.54) is 18.2 Å². The molecule has 1 aromatic heterocycles. The van der Waals surface area contributed by atoms with E-state index in [1.807, 2.05) is 0 Å². The summed E-state index contributed by atoms with van der Waals surface area (Å²) >= 11 is 11.7. The maximum absolute atomic E-state index is 12.5. The lowest BCUT2D eigenvalue weighted by molar-refractivity contribution is 0.601. The van der Waals surface area contributed by atoms with Crippen molar-refractivity contribution in [3.63, 3.8) is 0 Å². The molecule has 0 amide bonds. The van der Waals surface area contributed by atoms with Crippen molar-refractivity contribution in [2.24, 2.45) is 7.05 Å². The second-order valence-corrected chi connectivity index (χ2v) is 7.76. The van der Waals surface area contributed by atoms with Gasteiger partial charge in [0.05, 0.1) is 21.7 Å². The van der Waals surface area contributed by atoms with Crippen LogP contribution < -0.4 is 4.72 Å². The molecule has 0 radical (unpaired) electrons. The summed E-state index contributed by atoms with van der Waals surface area (Å²) in [4.78, 5) is -0.0234. The number of benzene rings is 2. The van der Waals surface area contributed by atoms with Gasteiger partial charge in [-0.1, -0.05) is 23.2 Å². The number of aromatic nitrogens is 1. The number of nitrogens with zero attached hydrogens (tertiary/aromatic N) is 2. The molecular weight excluding hydrogens is 369 g/mol. The van der Waals surface area contributed by atoms with Gasteiger partial charge in [0.2, 0.25) is 0 Å². The fraction of sp³-hybridized carbons (Fsp3) is 0.0625. The summed E-state index contributed by atoms with van der Waals surface area (Å²) in [6, 6.07) is 11.2. The van der Waals surface area contributed by atoms with E-state index in [-0.39, 0.29) is 14.9 Å². The lowest BCUT2D eigenvalue weighted by atomic mass is 10.2. The number of halogens is 2. The van der Waals surface area contributed by atoms with Gasteiger partial charge in [-0.2, -0.15) is 5.26 Å². The first-order valence-electron chi connectivity index (χ1n) is 6.78. The summed E-state index contributed by atoms with van der Waals surface area (Å²) in [5.74, 6) is 0. The molecule has 8 heteroatoms. The van der Waals surface area contributed by atoms with E-state index in [0.29, 0.717) is 11.3 Å². The molecule has 2 aromatic carbocycles. The average Bonchev–Trinajstić information content (AvgIpc) is 2.82. The molecule has 0 saturated carbocycles. The van der Waals surface area contributed by atoms with Crippen LogP contribution in [0.4, 0.5) is 5.69 Å². The number of nitriles is 1. The van der Waals surface area contributed by atoms with Crippen molar-refractivity contribution in [1.82, 2.24) is 4.57 Å². The largest absolute Gasteiger partial charge is 0.349 e. The molecule has 0 unspecified atom stereocenters. The van der Waals surface area contributed by atoms with Crippen molar-refractivity contribution in [2.45, 2.75) is 4.90 Å².